The molecule has 0 fully saturated rings. The summed E-state index contributed by atoms with van der Waals surface area (Å²) in [4.78, 5) is 0. The van der Waals surface area contributed by atoms with Crippen LogP contribution in [0.25, 0.3) is 0 Å². The first-order chi connectivity index (χ1) is 12.1. The summed E-state index contributed by atoms with van der Waals surface area (Å²) in [6, 6.07) is 6.09. The average Bonchev–Trinajstić information content (AvgIpc) is 2.63. The standard InChI is InChI=1S/C22H37BrO2/c1-5-9-11-18(7-3)16-24-20-13-14-22(21(23)15-20)25-17-19(8-4)12-10-6-2/h13-15,18-19H,5-12,16-17H2,1-4H3. The Morgan fingerprint density at radius 3 is 1.88 bits per heavy atom. The molecule has 0 saturated heterocycles. The van der Waals surface area contributed by atoms with E-state index in [9.17, 15) is 0 Å². The minimum atomic E-state index is 0.645. The van der Waals surface area contributed by atoms with Crippen LogP contribution < -0.4 is 9.47 Å². The van der Waals surface area contributed by atoms with Crippen LogP contribution in [-0.2, 0) is 0 Å². The summed E-state index contributed by atoms with van der Waals surface area (Å²) < 4.78 is 13.0. The Balaban J connectivity index is 2.50. The predicted molar refractivity (Wildman–Crippen MR) is 112 cm³/mol. The molecule has 0 aliphatic heterocycles. The second-order valence-corrected chi connectivity index (χ2v) is 7.90. The third kappa shape index (κ3) is 8.99. The van der Waals surface area contributed by atoms with Gasteiger partial charge < -0.3 is 9.47 Å². The molecular weight excluding hydrogens is 376 g/mol. The molecule has 0 N–H and O–H groups in total. The quantitative estimate of drug-likeness (QED) is 0.312. The second-order valence-electron chi connectivity index (χ2n) is 7.05. The minimum absolute atomic E-state index is 0.645. The molecular formula is C22H37BrO2. The monoisotopic (exact) mass is 412 g/mol. The van der Waals surface area contributed by atoms with E-state index >= 15 is 0 Å². The number of rotatable bonds is 14. The fraction of sp³-hybridized carbons (Fsp3) is 0.727. The van der Waals surface area contributed by atoms with Gasteiger partial charge in [-0.1, -0.05) is 66.2 Å². The Bertz CT molecular complexity index is 461. The van der Waals surface area contributed by atoms with E-state index in [4.69, 9.17) is 9.47 Å². The van der Waals surface area contributed by atoms with Crippen molar-refractivity contribution in [1.82, 2.24) is 0 Å². The van der Waals surface area contributed by atoms with Crippen molar-refractivity contribution in [1.29, 1.82) is 0 Å². The third-order valence-electron chi connectivity index (χ3n) is 4.95. The first kappa shape index (κ1) is 22.3. The number of ether oxygens (including phenoxy) is 2. The lowest BCUT2D eigenvalue weighted by Crippen LogP contribution is -2.12. The van der Waals surface area contributed by atoms with Crippen molar-refractivity contribution in [2.45, 2.75) is 79.1 Å². The van der Waals surface area contributed by atoms with E-state index in [-0.39, 0.29) is 0 Å². The molecule has 0 heterocycles. The van der Waals surface area contributed by atoms with Crippen LogP contribution in [0.1, 0.15) is 79.1 Å². The van der Waals surface area contributed by atoms with Gasteiger partial charge in [-0.2, -0.15) is 0 Å². The molecule has 2 nitrogen and oxygen atoms in total. The molecule has 0 saturated carbocycles. The number of unbranched alkanes of at least 4 members (excludes halogenated alkanes) is 2. The maximum absolute atomic E-state index is 6.04. The highest BCUT2D eigenvalue weighted by molar-refractivity contribution is 9.10. The van der Waals surface area contributed by atoms with Crippen LogP contribution >= 0.6 is 15.9 Å². The van der Waals surface area contributed by atoms with Gasteiger partial charge in [0.05, 0.1) is 17.7 Å². The number of halogens is 1. The van der Waals surface area contributed by atoms with E-state index < -0.39 is 0 Å². The number of hydrogen-bond donors (Lipinski definition) is 0. The molecule has 0 amide bonds. The van der Waals surface area contributed by atoms with Crippen LogP contribution in [0.3, 0.4) is 0 Å². The highest BCUT2D eigenvalue weighted by Gasteiger charge is 2.11. The van der Waals surface area contributed by atoms with Crippen LogP contribution in [0.5, 0.6) is 11.5 Å². The predicted octanol–water partition coefficient (Wildman–Crippen LogP) is 7.64. The zero-order valence-corrected chi connectivity index (χ0v) is 18.2. The van der Waals surface area contributed by atoms with Crippen LogP contribution in [-0.4, -0.2) is 13.2 Å². The maximum atomic E-state index is 6.04. The SMILES string of the molecule is CCCCC(CC)COc1ccc(OCC(CC)CCCC)c(Br)c1. The largest absolute Gasteiger partial charge is 0.493 e. The molecule has 0 aromatic heterocycles. The molecule has 0 aliphatic carbocycles. The summed E-state index contributed by atoms with van der Waals surface area (Å²) in [6.45, 7) is 10.6. The van der Waals surface area contributed by atoms with Gasteiger partial charge in [-0.05, 0) is 58.8 Å². The molecule has 1 aromatic carbocycles. The molecule has 0 aliphatic rings. The van der Waals surface area contributed by atoms with E-state index in [1.165, 1.54) is 51.4 Å². The summed E-state index contributed by atoms with van der Waals surface area (Å²) in [5.41, 5.74) is 0. The molecule has 0 bridgehead atoms. The summed E-state index contributed by atoms with van der Waals surface area (Å²) in [5, 5.41) is 0. The van der Waals surface area contributed by atoms with Crippen molar-refractivity contribution in [2.24, 2.45) is 11.8 Å². The van der Waals surface area contributed by atoms with Crippen molar-refractivity contribution < 1.29 is 9.47 Å². The van der Waals surface area contributed by atoms with E-state index in [2.05, 4.69) is 43.6 Å². The van der Waals surface area contributed by atoms with Gasteiger partial charge in [0.2, 0.25) is 0 Å². The normalized spacial score (nSPS) is 13.5. The van der Waals surface area contributed by atoms with Crippen LogP contribution in [0.2, 0.25) is 0 Å². The van der Waals surface area contributed by atoms with Gasteiger partial charge >= 0.3 is 0 Å². The van der Waals surface area contributed by atoms with Crippen molar-refractivity contribution in [3.05, 3.63) is 22.7 Å². The second kappa shape index (κ2) is 13.5. The Morgan fingerprint density at radius 1 is 0.840 bits per heavy atom. The van der Waals surface area contributed by atoms with Crippen LogP contribution in [0, 0.1) is 11.8 Å². The lowest BCUT2D eigenvalue weighted by atomic mass is 10.0. The van der Waals surface area contributed by atoms with E-state index in [1.807, 2.05) is 18.2 Å². The molecule has 1 aromatic rings. The van der Waals surface area contributed by atoms with Crippen molar-refractivity contribution >= 4 is 15.9 Å². The van der Waals surface area contributed by atoms with Crippen LogP contribution in [0.15, 0.2) is 22.7 Å². The molecule has 2 atom stereocenters. The highest BCUT2D eigenvalue weighted by atomic mass is 79.9. The Kier molecular flexibility index (Phi) is 12.1. The lowest BCUT2D eigenvalue weighted by molar-refractivity contribution is 0.227. The fourth-order valence-corrected chi connectivity index (χ4v) is 3.38. The van der Waals surface area contributed by atoms with Gasteiger partial charge in [0, 0.05) is 0 Å². The topological polar surface area (TPSA) is 18.5 Å². The van der Waals surface area contributed by atoms with Crippen LogP contribution in [0.4, 0.5) is 0 Å². The first-order valence-corrected chi connectivity index (χ1v) is 11.0. The highest BCUT2D eigenvalue weighted by Crippen LogP contribution is 2.30. The van der Waals surface area contributed by atoms with Gasteiger partial charge in [0.15, 0.2) is 0 Å². The van der Waals surface area contributed by atoms with Gasteiger partial charge in [-0.15, -0.1) is 0 Å². The molecule has 25 heavy (non-hydrogen) atoms. The van der Waals surface area contributed by atoms with Crippen molar-refractivity contribution in [2.75, 3.05) is 13.2 Å². The fourth-order valence-electron chi connectivity index (χ4n) is 2.91. The summed E-state index contributed by atoms with van der Waals surface area (Å²) in [5.74, 6) is 3.14. The summed E-state index contributed by atoms with van der Waals surface area (Å²) in [7, 11) is 0. The third-order valence-corrected chi connectivity index (χ3v) is 5.57. The van der Waals surface area contributed by atoms with Gasteiger partial charge in [-0.3, -0.25) is 0 Å². The molecule has 0 spiro atoms. The number of hydrogen-bond acceptors (Lipinski definition) is 2. The molecule has 3 heteroatoms. The average molecular weight is 413 g/mol. The summed E-state index contributed by atoms with van der Waals surface area (Å²) in [6.07, 6.45) is 9.94. The molecule has 0 radical (unpaired) electrons. The molecule has 1 rings (SSSR count). The van der Waals surface area contributed by atoms with E-state index in [0.717, 1.165) is 29.2 Å². The van der Waals surface area contributed by atoms with Crippen molar-refractivity contribution in [3.8, 4) is 11.5 Å². The minimum Gasteiger partial charge on any atom is -0.493 e. The first-order valence-electron chi connectivity index (χ1n) is 10.2. The lowest BCUT2D eigenvalue weighted by Gasteiger charge is -2.18. The van der Waals surface area contributed by atoms with Gasteiger partial charge in [0.1, 0.15) is 11.5 Å². The zero-order chi connectivity index (χ0) is 18.5. The number of benzene rings is 1. The van der Waals surface area contributed by atoms with E-state index in [1.54, 1.807) is 0 Å². The van der Waals surface area contributed by atoms with Gasteiger partial charge in [0.25, 0.3) is 0 Å². The zero-order valence-electron chi connectivity index (χ0n) is 16.7. The maximum Gasteiger partial charge on any atom is 0.133 e. The van der Waals surface area contributed by atoms with E-state index in [0.29, 0.717) is 11.8 Å². The molecule has 2 unspecified atom stereocenters. The van der Waals surface area contributed by atoms with Gasteiger partial charge in [-0.25, -0.2) is 0 Å². The Labute approximate surface area is 163 Å². The summed E-state index contributed by atoms with van der Waals surface area (Å²) >= 11 is 3.63. The van der Waals surface area contributed by atoms with Crippen molar-refractivity contribution in [3.63, 3.8) is 0 Å². The Morgan fingerprint density at radius 2 is 1.40 bits per heavy atom. The molecule has 144 valence electrons. The smallest absolute Gasteiger partial charge is 0.133 e. The Hall–Kier alpha value is -0.700.